The maximum Gasteiger partial charge on any atom is 0.134 e. The van der Waals surface area contributed by atoms with E-state index in [-0.39, 0.29) is 6.10 Å². The van der Waals surface area contributed by atoms with E-state index >= 15 is 0 Å². The lowest BCUT2D eigenvalue weighted by Gasteiger charge is -2.30. The summed E-state index contributed by atoms with van der Waals surface area (Å²) in [5.41, 5.74) is 0.956. The van der Waals surface area contributed by atoms with E-state index < -0.39 is 0 Å². The smallest absolute Gasteiger partial charge is 0.134 e. The summed E-state index contributed by atoms with van der Waals surface area (Å²) in [6, 6.07) is 10.3. The van der Waals surface area contributed by atoms with Crippen molar-refractivity contribution < 1.29 is 9.15 Å². The van der Waals surface area contributed by atoms with Crippen molar-refractivity contribution in [2.45, 2.75) is 32.3 Å². The molecule has 1 N–H and O–H groups in total. The van der Waals surface area contributed by atoms with Crippen LogP contribution >= 0.6 is 0 Å². The lowest BCUT2D eigenvalue weighted by molar-refractivity contribution is -0.0387. The van der Waals surface area contributed by atoms with Gasteiger partial charge in [0.2, 0.25) is 0 Å². The van der Waals surface area contributed by atoms with Gasteiger partial charge in [-0.15, -0.1) is 0 Å². The van der Waals surface area contributed by atoms with Gasteiger partial charge >= 0.3 is 0 Å². The molecule has 1 aliphatic rings. The Balaban J connectivity index is 1.77. The first-order valence-electron chi connectivity index (χ1n) is 7.69. The van der Waals surface area contributed by atoms with Crippen molar-refractivity contribution in [1.29, 1.82) is 0 Å². The van der Waals surface area contributed by atoms with E-state index in [0.29, 0.717) is 5.92 Å². The number of fused-ring (bicyclic) bond motifs is 1. The minimum atomic E-state index is 0.0977. The molecule has 1 aromatic carbocycles. The van der Waals surface area contributed by atoms with Crippen molar-refractivity contribution in [2.24, 2.45) is 5.92 Å². The van der Waals surface area contributed by atoms with Gasteiger partial charge in [-0.2, -0.15) is 0 Å². The van der Waals surface area contributed by atoms with Crippen LogP contribution < -0.4 is 5.32 Å². The lowest BCUT2D eigenvalue weighted by atomic mass is 9.92. The molecule has 0 aliphatic carbocycles. The molecule has 0 radical (unpaired) electrons. The van der Waals surface area contributed by atoms with Gasteiger partial charge in [-0.1, -0.05) is 25.1 Å². The van der Waals surface area contributed by atoms with Crippen molar-refractivity contribution in [1.82, 2.24) is 5.32 Å². The van der Waals surface area contributed by atoms with Gasteiger partial charge in [-0.25, -0.2) is 0 Å². The van der Waals surface area contributed by atoms with Crippen LogP contribution in [0.5, 0.6) is 0 Å². The Labute approximate surface area is 120 Å². The molecule has 2 atom stereocenters. The molecule has 1 aliphatic heterocycles. The Morgan fingerprint density at radius 3 is 3.05 bits per heavy atom. The quantitative estimate of drug-likeness (QED) is 0.839. The molecule has 0 spiro atoms. The van der Waals surface area contributed by atoms with Gasteiger partial charge in [0, 0.05) is 24.5 Å². The summed E-state index contributed by atoms with van der Waals surface area (Å²) in [6.45, 7) is 5.12. The van der Waals surface area contributed by atoms with Crippen molar-refractivity contribution in [3.63, 3.8) is 0 Å². The largest absolute Gasteiger partial charge is 0.458 e. The topological polar surface area (TPSA) is 34.4 Å². The molecular weight excluding hydrogens is 250 g/mol. The standard InChI is InChI=1S/C17H23NO2/c1-2-9-18-12-14-7-5-10-19-17(14)16-11-13-6-3-4-8-15(13)20-16/h3-4,6,8,11,14,17-18H,2,5,7,9-10,12H2,1H3. The van der Waals surface area contributed by atoms with Gasteiger partial charge in [0.25, 0.3) is 0 Å². The fraction of sp³-hybridized carbons (Fsp3) is 0.529. The second-order valence-electron chi connectivity index (χ2n) is 5.58. The van der Waals surface area contributed by atoms with Crippen LogP contribution in [-0.4, -0.2) is 19.7 Å². The van der Waals surface area contributed by atoms with Gasteiger partial charge in [0.1, 0.15) is 17.4 Å². The molecular formula is C17H23NO2. The van der Waals surface area contributed by atoms with E-state index in [9.17, 15) is 0 Å². The third-order valence-electron chi connectivity index (χ3n) is 4.00. The molecule has 20 heavy (non-hydrogen) atoms. The fourth-order valence-electron chi connectivity index (χ4n) is 2.97. The van der Waals surface area contributed by atoms with Crippen molar-refractivity contribution >= 4 is 11.0 Å². The highest BCUT2D eigenvalue weighted by Gasteiger charge is 2.29. The van der Waals surface area contributed by atoms with Gasteiger partial charge in [0.15, 0.2) is 0 Å². The van der Waals surface area contributed by atoms with Gasteiger partial charge in [0.05, 0.1) is 0 Å². The van der Waals surface area contributed by atoms with Gasteiger partial charge in [-0.3, -0.25) is 0 Å². The number of para-hydroxylation sites is 1. The maximum atomic E-state index is 6.00. The first-order chi connectivity index (χ1) is 9.88. The minimum absolute atomic E-state index is 0.0977. The van der Waals surface area contributed by atoms with Crippen molar-refractivity contribution in [3.8, 4) is 0 Å². The minimum Gasteiger partial charge on any atom is -0.458 e. The molecule has 3 rings (SSSR count). The van der Waals surface area contributed by atoms with Gasteiger partial charge < -0.3 is 14.5 Å². The number of hydrogen-bond acceptors (Lipinski definition) is 3. The molecule has 1 fully saturated rings. The van der Waals surface area contributed by atoms with Crippen LogP contribution in [0.4, 0.5) is 0 Å². The summed E-state index contributed by atoms with van der Waals surface area (Å²) in [5, 5.41) is 4.68. The summed E-state index contributed by atoms with van der Waals surface area (Å²) in [6.07, 6.45) is 3.62. The third kappa shape index (κ3) is 2.89. The predicted molar refractivity (Wildman–Crippen MR) is 80.8 cm³/mol. The summed E-state index contributed by atoms with van der Waals surface area (Å²) >= 11 is 0. The Morgan fingerprint density at radius 2 is 2.20 bits per heavy atom. The molecule has 108 valence electrons. The zero-order valence-electron chi connectivity index (χ0n) is 12.1. The Hall–Kier alpha value is -1.32. The Morgan fingerprint density at radius 1 is 1.30 bits per heavy atom. The van der Waals surface area contributed by atoms with E-state index in [2.05, 4.69) is 24.4 Å². The van der Waals surface area contributed by atoms with Crippen LogP contribution in [0.1, 0.15) is 38.1 Å². The van der Waals surface area contributed by atoms with Crippen LogP contribution in [0.15, 0.2) is 34.7 Å². The molecule has 3 heteroatoms. The number of ether oxygens (including phenoxy) is 1. The maximum absolute atomic E-state index is 6.00. The number of rotatable bonds is 5. The predicted octanol–water partition coefficient (Wildman–Crippen LogP) is 3.90. The molecule has 3 nitrogen and oxygen atoms in total. The molecule has 0 bridgehead atoms. The van der Waals surface area contributed by atoms with Gasteiger partial charge in [-0.05, 0) is 37.9 Å². The zero-order valence-corrected chi connectivity index (χ0v) is 12.1. The average Bonchev–Trinajstić information content (AvgIpc) is 2.92. The summed E-state index contributed by atoms with van der Waals surface area (Å²) in [5.74, 6) is 1.49. The molecule has 0 saturated carbocycles. The van der Waals surface area contributed by atoms with Crippen LogP contribution in [-0.2, 0) is 4.74 Å². The monoisotopic (exact) mass is 273 g/mol. The highest BCUT2D eigenvalue weighted by atomic mass is 16.5. The van der Waals surface area contributed by atoms with E-state index in [1.807, 2.05) is 18.2 Å². The fourth-order valence-corrected chi connectivity index (χ4v) is 2.97. The highest BCUT2D eigenvalue weighted by Crippen LogP contribution is 2.36. The number of nitrogens with one attached hydrogen (secondary N) is 1. The third-order valence-corrected chi connectivity index (χ3v) is 4.00. The molecule has 0 amide bonds. The number of benzene rings is 1. The normalized spacial score (nSPS) is 23.2. The number of furan rings is 1. The van der Waals surface area contributed by atoms with Crippen LogP contribution in [0.25, 0.3) is 11.0 Å². The van der Waals surface area contributed by atoms with E-state index in [1.165, 1.54) is 12.8 Å². The average molecular weight is 273 g/mol. The molecule has 1 saturated heterocycles. The van der Waals surface area contributed by atoms with E-state index in [4.69, 9.17) is 9.15 Å². The van der Waals surface area contributed by atoms with Crippen molar-refractivity contribution in [2.75, 3.05) is 19.7 Å². The first kappa shape index (κ1) is 13.7. The molecule has 2 aromatic rings. The Kier molecular flexibility index (Phi) is 4.38. The second kappa shape index (κ2) is 6.42. The SMILES string of the molecule is CCCNCC1CCCOC1c1cc2ccccc2o1. The van der Waals surface area contributed by atoms with Crippen molar-refractivity contribution in [3.05, 3.63) is 36.1 Å². The Bertz CT molecular complexity index is 516. The molecule has 2 unspecified atom stereocenters. The second-order valence-corrected chi connectivity index (χ2v) is 5.58. The van der Waals surface area contributed by atoms with Crippen LogP contribution in [0.3, 0.4) is 0 Å². The first-order valence-corrected chi connectivity index (χ1v) is 7.69. The number of hydrogen-bond donors (Lipinski definition) is 1. The zero-order chi connectivity index (χ0) is 13.8. The lowest BCUT2D eigenvalue weighted by Crippen LogP contribution is -2.32. The summed E-state index contributed by atoms with van der Waals surface area (Å²) < 4.78 is 12.0. The van der Waals surface area contributed by atoms with Crippen LogP contribution in [0, 0.1) is 5.92 Å². The summed E-state index contributed by atoms with van der Waals surface area (Å²) in [7, 11) is 0. The van der Waals surface area contributed by atoms with E-state index in [0.717, 1.165) is 42.8 Å². The highest BCUT2D eigenvalue weighted by molar-refractivity contribution is 5.77. The molecule has 1 aromatic heterocycles. The van der Waals surface area contributed by atoms with E-state index in [1.54, 1.807) is 0 Å². The van der Waals surface area contributed by atoms with Crippen LogP contribution in [0.2, 0.25) is 0 Å². The molecule has 2 heterocycles. The summed E-state index contributed by atoms with van der Waals surface area (Å²) in [4.78, 5) is 0.